The van der Waals surface area contributed by atoms with Crippen molar-refractivity contribution < 1.29 is 23.9 Å². The van der Waals surface area contributed by atoms with Gasteiger partial charge in [0, 0.05) is 18.7 Å². The first kappa shape index (κ1) is 21.6. The molecule has 1 aromatic carbocycles. The number of ether oxygens (including phenoxy) is 2. The molecule has 0 aliphatic rings. The first-order chi connectivity index (χ1) is 11.9. The van der Waals surface area contributed by atoms with Gasteiger partial charge >= 0.3 is 5.97 Å². The van der Waals surface area contributed by atoms with Crippen LogP contribution >= 0.6 is 11.6 Å². The third kappa shape index (κ3) is 6.44. The summed E-state index contributed by atoms with van der Waals surface area (Å²) in [6.07, 6.45) is 0. The Hall–Kier alpha value is -2.48. The van der Waals surface area contributed by atoms with Crippen molar-refractivity contribution in [1.82, 2.24) is 10.2 Å². The number of nitrogens with zero attached hydrogens (tertiary/aromatic N) is 1. The number of esters is 1. The normalized spacial score (nSPS) is 10.8. The number of rotatable bonds is 6. The lowest BCUT2D eigenvalue weighted by Gasteiger charge is -2.23. The molecular formula is C17H24ClN3O5. The number of carbonyl (C=O) groups excluding carboxylic acids is 3. The van der Waals surface area contributed by atoms with E-state index in [9.17, 15) is 14.4 Å². The van der Waals surface area contributed by atoms with Crippen LogP contribution in [0.4, 0.5) is 5.69 Å². The fourth-order valence-electron chi connectivity index (χ4n) is 1.97. The maximum Gasteiger partial charge on any atom is 0.342 e. The molecule has 0 aromatic heterocycles. The molecular weight excluding hydrogens is 362 g/mol. The number of nitrogen functional groups attached to an aromatic ring is 1. The summed E-state index contributed by atoms with van der Waals surface area (Å²) in [5.74, 6) is -1.44. The topological polar surface area (TPSA) is 111 Å². The molecule has 3 N–H and O–H groups in total. The molecule has 2 amide bonds. The van der Waals surface area contributed by atoms with Crippen molar-refractivity contribution in [3.63, 3.8) is 0 Å². The smallest absolute Gasteiger partial charge is 0.342 e. The van der Waals surface area contributed by atoms with E-state index in [1.807, 2.05) is 20.8 Å². The molecule has 0 heterocycles. The molecule has 0 fully saturated rings. The minimum Gasteiger partial charge on any atom is -0.496 e. The van der Waals surface area contributed by atoms with E-state index < -0.39 is 24.0 Å². The van der Waals surface area contributed by atoms with Crippen LogP contribution in [0.5, 0.6) is 5.75 Å². The van der Waals surface area contributed by atoms with Crippen molar-refractivity contribution in [2.45, 2.75) is 26.3 Å². The molecule has 0 unspecified atom stereocenters. The van der Waals surface area contributed by atoms with E-state index in [1.54, 1.807) is 0 Å². The highest BCUT2D eigenvalue weighted by Crippen LogP contribution is 2.29. The molecule has 1 aromatic rings. The van der Waals surface area contributed by atoms with Crippen LogP contribution < -0.4 is 15.8 Å². The number of nitrogens with one attached hydrogen (secondary N) is 1. The largest absolute Gasteiger partial charge is 0.496 e. The fraction of sp³-hybridized carbons (Fsp3) is 0.471. The highest BCUT2D eigenvalue weighted by atomic mass is 35.5. The molecule has 0 aliphatic carbocycles. The van der Waals surface area contributed by atoms with Crippen molar-refractivity contribution in [3.8, 4) is 5.75 Å². The molecule has 1 rings (SSSR count). The first-order valence-corrected chi connectivity index (χ1v) is 8.17. The molecule has 0 aliphatic heterocycles. The Bertz CT molecular complexity index is 700. The van der Waals surface area contributed by atoms with E-state index >= 15 is 0 Å². The first-order valence-electron chi connectivity index (χ1n) is 7.79. The van der Waals surface area contributed by atoms with Crippen molar-refractivity contribution in [2.75, 3.05) is 33.0 Å². The summed E-state index contributed by atoms with van der Waals surface area (Å²) in [7, 11) is 2.81. The average Bonchev–Trinajstić information content (AvgIpc) is 2.52. The molecule has 0 atom stereocenters. The molecule has 144 valence electrons. The van der Waals surface area contributed by atoms with Gasteiger partial charge in [-0.1, -0.05) is 11.6 Å². The Balaban J connectivity index is 2.66. The Morgan fingerprint density at radius 3 is 2.42 bits per heavy atom. The lowest BCUT2D eigenvalue weighted by Crippen LogP contribution is -2.46. The molecule has 0 saturated heterocycles. The van der Waals surface area contributed by atoms with Crippen LogP contribution in [-0.2, 0) is 14.3 Å². The standard InChI is InChI=1S/C17H24ClN3O5/c1-17(2,3)20-14(22)8-21(4)15(23)9-26-16(24)10-6-11(18)12(19)7-13(10)25-5/h6-7H,8-9,19H2,1-5H3,(H,20,22). The van der Waals surface area contributed by atoms with Crippen molar-refractivity contribution in [3.05, 3.63) is 22.7 Å². The maximum atomic E-state index is 12.2. The molecule has 26 heavy (non-hydrogen) atoms. The highest BCUT2D eigenvalue weighted by molar-refractivity contribution is 6.33. The summed E-state index contributed by atoms with van der Waals surface area (Å²) in [6, 6.07) is 2.70. The number of hydrogen-bond donors (Lipinski definition) is 2. The van der Waals surface area contributed by atoms with Crippen LogP contribution in [0.3, 0.4) is 0 Å². The minimum absolute atomic E-state index is 0.0487. The third-order valence-corrected chi connectivity index (χ3v) is 3.51. The van der Waals surface area contributed by atoms with E-state index in [2.05, 4.69) is 5.32 Å². The number of likely N-dealkylation sites (N-methyl/N-ethyl adjacent to an activating group) is 1. The van der Waals surface area contributed by atoms with Crippen molar-refractivity contribution >= 4 is 35.1 Å². The molecule has 0 saturated carbocycles. The van der Waals surface area contributed by atoms with Gasteiger partial charge in [0.05, 0.1) is 24.4 Å². The van der Waals surface area contributed by atoms with Gasteiger partial charge in [0.25, 0.3) is 5.91 Å². The van der Waals surface area contributed by atoms with Gasteiger partial charge in [-0.25, -0.2) is 4.79 Å². The van der Waals surface area contributed by atoms with E-state index in [0.717, 1.165) is 0 Å². The van der Waals surface area contributed by atoms with Crippen LogP contribution in [0.1, 0.15) is 31.1 Å². The number of nitrogens with two attached hydrogens (primary N) is 1. The van der Waals surface area contributed by atoms with Gasteiger partial charge in [0.15, 0.2) is 6.61 Å². The summed E-state index contributed by atoms with van der Waals surface area (Å²) in [4.78, 5) is 37.2. The predicted molar refractivity (Wildman–Crippen MR) is 98.2 cm³/mol. The number of anilines is 1. The summed E-state index contributed by atoms with van der Waals surface area (Å²) in [5.41, 5.74) is 5.55. The number of hydrogen-bond acceptors (Lipinski definition) is 6. The summed E-state index contributed by atoms with van der Waals surface area (Å²) in [5, 5.41) is 2.91. The number of amides is 2. The zero-order valence-electron chi connectivity index (χ0n) is 15.5. The molecule has 0 radical (unpaired) electrons. The molecule has 8 nitrogen and oxygen atoms in total. The lowest BCUT2D eigenvalue weighted by molar-refractivity contribution is -0.137. The van der Waals surface area contributed by atoms with E-state index in [-0.39, 0.29) is 34.5 Å². The van der Waals surface area contributed by atoms with Gasteiger partial charge in [-0.3, -0.25) is 9.59 Å². The van der Waals surface area contributed by atoms with Crippen LogP contribution in [0.2, 0.25) is 5.02 Å². The van der Waals surface area contributed by atoms with Crippen LogP contribution in [-0.4, -0.2) is 55.5 Å². The maximum absolute atomic E-state index is 12.2. The second-order valence-electron chi connectivity index (χ2n) is 6.70. The highest BCUT2D eigenvalue weighted by Gasteiger charge is 2.21. The summed E-state index contributed by atoms with van der Waals surface area (Å²) in [6.45, 7) is 4.83. The van der Waals surface area contributed by atoms with Gasteiger partial charge < -0.3 is 25.4 Å². The van der Waals surface area contributed by atoms with E-state index in [4.69, 9.17) is 26.8 Å². The van der Waals surface area contributed by atoms with Crippen LogP contribution in [0.25, 0.3) is 0 Å². The number of halogens is 1. The second-order valence-corrected chi connectivity index (χ2v) is 7.11. The Kier molecular flexibility index (Phi) is 7.26. The predicted octanol–water partition coefficient (Wildman–Crippen LogP) is 1.46. The Morgan fingerprint density at radius 2 is 1.88 bits per heavy atom. The fourth-order valence-corrected chi connectivity index (χ4v) is 2.14. The minimum atomic E-state index is -0.787. The zero-order chi connectivity index (χ0) is 20.1. The Labute approximate surface area is 157 Å². The monoisotopic (exact) mass is 385 g/mol. The van der Waals surface area contributed by atoms with Crippen molar-refractivity contribution in [2.24, 2.45) is 0 Å². The van der Waals surface area contributed by atoms with E-state index in [1.165, 1.54) is 31.2 Å². The summed E-state index contributed by atoms with van der Waals surface area (Å²) >= 11 is 5.90. The molecule has 0 spiro atoms. The third-order valence-electron chi connectivity index (χ3n) is 3.19. The van der Waals surface area contributed by atoms with Crippen LogP contribution in [0.15, 0.2) is 12.1 Å². The average molecular weight is 386 g/mol. The molecule has 0 bridgehead atoms. The van der Waals surface area contributed by atoms with E-state index in [0.29, 0.717) is 0 Å². The van der Waals surface area contributed by atoms with Gasteiger partial charge in [-0.2, -0.15) is 0 Å². The number of methoxy groups -OCH3 is 1. The number of benzene rings is 1. The lowest BCUT2D eigenvalue weighted by atomic mass is 10.1. The van der Waals surface area contributed by atoms with Crippen LogP contribution in [0, 0.1) is 0 Å². The van der Waals surface area contributed by atoms with Gasteiger partial charge in [-0.15, -0.1) is 0 Å². The Morgan fingerprint density at radius 1 is 1.27 bits per heavy atom. The quantitative estimate of drug-likeness (QED) is 0.566. The zero-order valence-corrected chi connectivity index (χ0v) is 16.3. The van der Waals surface area contributed by atoms with Gasteiger partial charge in [-0.05, 0) is 26.8 Å². The number of carbonyl (C=O) groups is 3. The molecule has 9 heteroatoms. The van der Waals surface area contributed by atoms with Gasteiger partial charge in [0.1, 0.15) is 11.3 Å². The van der Waals surface area contributed by atoms with Gasteiger partial charge in [0.2, 0.25) is 5.91 Å². The second kappa shape index (κ2) is 8.75. The summed E-state index contributed by atoms with van der Waals surface area (Å²) < 4.78 is 10.1. The van der Waals surface area contributed by atoms with Crippen molar-refractivity contribution in [1.29, 1.82) is 0 Å². The SMILES string of the molecule is COc1cc(N)c(Cl)cc1C(=O)OCC(=O)N(C)CC(=O)NC(C)(C)C.